The van der Waals surface area contributed by atoms with Crippen LogP contribution in [-0.2, 0) is 0 Å². The van der Waals surface area contributed by atoms with E-state index in [4.69, 9.17) is 16.3 Å². The second kappa shape index (κ2) is 6.45. The van der Waals surface area contributed by atoms with Crippen LogP contribution in [0.3, 0.4) is 0 Å². The molecule has 3 aromatic rings. The lowest BCUT2D eigenvalue weighted by atomic mass is 10.1. The van der Waals surface area contributed by atoms with Gasteiger partial charge in [0.25, 0.3) is 0 Å². The average Bonchev–Trinajstić information content (AvgIpc) is 3.09. The van der Waals surface area contributed by atoms with E-state index < -0.39 is 5.90 Å². The third-order valence-corrected chi connectivity index (χ3v) is 3.31. The van der Waals surface area contributed by atoms with E-state index in [9.17, 15) is 5.11 Å². The summed E-state index contributed by atoms with van der Waals surface area (Å²) in [5.74, 6) is 0.391. The third kappa shape index (κ3) is 3.29. The molecule has 23 heavy (non-hydrogen) atoms. The quantitative estimate of drug-likeness (QED) is 0.583. The van der Waals surface area contributed by atoms with Gasteiger partial charge >= 0.3 is 0 Å². The molecule has 0 aliphatic rings. The maximum atomic E-state index is 12.4. The average molecular weight is 329 g/mol. The van der Waals surface area contributed by atoms with Gasteiger partial charge in [0.1, 0.15) is 5.75 Å². The number of nitrogens with zero attached hydrogens (tertiary/aromatic N) is 4. The first-order valence-electron chi connectivity index (χ1n) is 6.61. The van der Waals surface area contributed by atoms with Crippen molar-refractivity contribution in [2.45, 2.75) is 0 Å². The largest absolute Gasteiger partial charge is 0.858 e. The molecule has 0 atom stereocenters. The van der Waals surface area contributed by atoms with Gasteiger partial charge < -0.3 is 9.84 Å². The van der Waals surface area contributed by atoms with Crippen molar-refractivity contribution in [3.05, 3.63) is 53.1 Å². The zero-order valence-corrected chi connectivity index (χ0v) is 12.8. The van der Waals surface area contributed by atoms with E-state index in [-0.39, 0.29) is 0 Å². The summed E-state index contributed by atoms with van der Waals surface area (Å²) >= 11 is 5.94. The highest BCUT2D eigenvalue weighted by molar-refractivity contribution is 6.31. The normalized spacial score (nSPS) is 11.5. The fourth-order valence-corrected chi connectivity index (χ4v) is 2.20. The number of halogens is 1. The maximum Gasteiger partial charge on any atom is 0.204 e. The van der Waals surface area contributed by atoms with E-state index in [0.29, 0.717) is 33.4 Å². The van der Waals surface area contributed by atoms with E-state index in [0.717, 1.165) is 0 Å². The minimum atomic E-state index is -0.449. The molecule has 0 amide bonds. The molecule has 116 valence electrons. The van der Waals surface area contributed by atoms with Crippen LogP contribution < -0.4 is 9.84 Å². The Morgan fingerprint density at radius 1 is 1.26 bits per heavy atom. The van der Waals surface area contributed by atoms with Gasteiger partial charge in [-0.05, 0) is 41.4 Å². The lowest BCUT2D eigenvalue weighted by Crippen LogP contribution is -2.19. The third-order valence-electron chi connectivity index (χ3n) is 3.07. The molecule has 0 aliphatic carbocycles. The van der Waals surface area contributed by atoms with Crippen LogP contribution in [0.5, 0.6) is 5.75 Å². The van der Waals surface area contributed by atoms with Crippen molar-refractivity contribution in [3.63, 3.8) is 0 Å². The Morgan fingerprint density at radius 3 is 2.87 bits per heavy atom. The zero-order valence-electron chi connectivity index (χ0n) is 12.0. The van der Waals surface area contributed by atoms with E-state index in [2.05, 4.69) is 25.6 Å². The van der Waals surface area contributed by atoms with E-state index in [1.54, 1.807) is 36.4 Å². The number of hydrogen-bond acceptors (Lipinski definition) is 6. The number of tetrazole rings is 1. The Kier molecular flexibility index (Phi) is 4.20. The highest BCUT2D eigenvalue weighted by Gasteiger charge is 2.06. The number of aromatic amines is 1. The van der Waals surface area contributed by atoms with E-state index >= 15 is 0 Å². The first-order valence-corrected chi connectivity index (χ1v) is 6.98. The lowest BCUT2D eigenvalue weighted by molar-refractivity contribution is -0.212. The fraction of sp³-hybridized carbons (Fsp3) is 0.0667. The van der Waals surface area contributed by atoms with Crippen molar-refractivity contribution in [1.29, 1.82) is 0 Å². The summed E-state index contributed by atoms with van der Waals surface area (Å²) in [6.07, 6.45) is 0. The van der Waals surface area contributed by atoms with Crippen LogP contribution in [-0.4, -0.2) is 33.6 Å². The summed E-state index contributed by atoms with van der Waals surface area (Å²) in [7, 11) is 1.48. The molecule has 7 nitrogen and oxygen atoms in total. The second-order valence-electron chi connectivity index (χ2n) is 4.55. The number of nitrogens with one attached hydrogen (secondary N) is 1. The molecule has 1 aromatic heterocycles. The SMILES string of the molecule is COc1ccc(Cl)cc1C([O-])=Nc1cccc(-c2nn[nH]n2)c1. The lowest BCUT2D eigenvalue weighted by Gasteiger charge is -2.15. The number of aromatic nitrogens is 4. The molecule has 0 fully saturated rings. The number of hydrogen-bond donors (Lipinski definition) is 1. The summed E-state index contributed by atoms with van der Waals surface area (Å²) in [6, 6.07) is 11.8. The molecule has 0 unspecified atom stereocenters. The van der Waals surface area contributed by atoms with Crippen LogP contribution in [0.1, 0.15) is 5.56 Å². The fourth-order valence-electron chi connectivity index (χ4n) is 2.02. The molecule has 8 heteroatoms. The van der Waals surface area contributed by atoms with Crippen LogP contribution in [0.25, 0.3) is 11.4 Å². The minimum absolute atomic E-state index is 0.296. The van der Waals surface area contributed by atoms with Crippen LogP contribution >= 0.6 is 11.6 Å². The van der Waals surface area contributed by atoms with Crippen LogP contribution in [0.15, 0.2) is 47.5 Å². The van der Waals surface area contributed by atoms with Gasteiger partial charge in [-0.15, -0.1) is 10.2 Å². The molecule has 1 heterocycles. The number of benzene rings is 2. The van der Waals surface area contributed by atoms with Gasteiger partial charge in [-0.3, -0.25) is 4.99 Å². The van der Waals surface area contributed by atoms with Gasteiger partial charge in [-0.2, -0.15) is 5.21 Å². The molecule has 0 aliphatic heterocycles. The molecule has 0 saturated heterocycles. The Bertz CT molecular complexity index is 849. The predicted octanol–water partition coefficient (Wildman–Crippen LogP) is 1.97. The number of methoxy groups -OCH3 is 1. The number of aliphatic imine (C=N–C) groups is 1. The summed E-state index contributed by atoms with van der Waals surface area (Å²) in [5.41, 5.74) is 1.47. The van der Waals surface area contributed by atoms with Gasteiger partial charge in [-0.1, -0.05) is 23.7 Å². The first-order chi connectivity index (χ1) is 11.2. The van der Waals surface area contributed by atoms with Crippen molar-refractivity contribution >= 4 is 23.2 Å². The van der Waals surface area contributed by atoms with Gasteiger partial charge in [0, 0.05) is 16.1 Å². The second-order valence-corrected chi connectivity index (χ2v) is 4.98. The molecular formula is C15H11ClN5O2-. The van der Waals surface area contributed by atoms with Crippen LogP contribution in [0.4, 0.5) is 5.69 Å². The zero-order chi connectivity index (χ0) is 16.2. The van der Waals surface area contributed by atoms with Gasteiger partial charge in [0.15, 0.2) is 0 Å². The van der Waals surface area contributed by atoms with Gasteiger partial charge in [0.05, 0.1) is 12.8 Å². The summed E-state index contributed by atoms with van der Waals surface area (Å²) < 4.78 is 5.17. The number of rotatable bonds is 4. The van der Waals surface area contributed by atoms with E-state index in [1.807, 2.05) is 0 Å². The minimum Gasteiger partial charge on any atom is -0.858 e. The standard InChI is InChI=1S/C15H12ClN5O2/c1-23-13-6-5-10(16)8-12(13)15(22)17-11-4-2-3-9(7-11)14-18-20-21-19-14/h2-8H,1H3,(H,17,22)(H,18,19,20,21)/p-1. The highest BCUT2D eigenvalue weighted by Crippen LogP contribution is 2.25. The number of H-pyrrole nitrogens is 1. The van der Waals surface area contributed by atoms with Crippen molar-refractivity contribution < 1.29 is 9.84 Å². The molecule has 0 spiro atoms. The number of ether oxygens (including phenoxy) is 1. The topological polar surface area (TPSA) is 99.1 Å². The molecule has 2 aromatic carbocycles. The smallest absolute Gasteiger partial charge is 0.204 e. The molecular weight excluding hydrogens is 318 g/mol. The first kappa shape index (κ1) is 15.0. The molecule has 1 N–H and O–H groups in total. The molecule has 3 rings (SSSR count). The molecule has 0 saturated carbocycles. The van der Waals surface area contributed by atoms with E-state index in [1.165, 1.54) is 13.2 Å². The van der Waals surface area contributed by atoms with Crippen LogP contribution in [0.2, 0.25) is 5.02 Å². The maximum absolute atomic E-state index is 12.4. The Labute approximate surface area is 136 Å². The Balaban J connectivity index is 1.98. The van der Waals surface area contributed by atoms with Crippen molar-refractivity contribution in [1.82, 2.24) is 20.6 Å². The van der Waals surface area contributed by atoms with Gasteiger partial charge in [-0.25, -0.2) is 0 Å². The highest BCUT2D eigenvalue weighted by atomic mass is 35.5. The summed E-state index contributed by atoms with van der Waals surface area (Å²) in [4.78, 5) is 4.09. The molecule has 0 bridgehead atoms. The monoisotopic (exact) mass is 328 g/mol. The predicted molar refractivity (Wildman–Crippen MR) is 83.8 cm³/mol. The van der Waals surface area contributed by atoms with Crippen LogP contribution in [0, 0.1) is 0 Å². The van der Waals surface area contributed by atoms with Crippen molar-refractivity contribution in [2.75, 3.05) is 7.11 Å². The van der Waals surface area contributed by atoms with Crippen molar-refractivity contribution in [3.8, 4) is 17.1 Å². The Morgan fingerprint density at radius 2 is 2.13 bits per heavy atom. The summed E-state index contributed by atoms with van der Waals surface area (Å²) in [5, 5.41) is 26.5. The molecule has 0 radical (unpaired) electrons. The summed E-state index contributed by atoms with van der Waals surface area (Å²) in [6.45, 7) is 0. The van der Waals surface area contributed by atoms with Crippen molar-refractivity contribution in [2.24, 2.45) is 4.99 Å². The Hall–Kier alpha value is -2.93. The van der Waals surface area contributed by atoms with Gasteiger partial charge in [0.2, 0.25) is 5.82 Å².